The highest BCUT2D eigenvalue weighted by Gasteiger charge is 2.38. The van der Waals surface area contributed by atoms with E-state index in [0.717, 1.165) is 58.0 Å². The average molecular weight is 301 g/mol. The molecule has 116 valence electrons. The molecule has 5 nitrogen and oxygen atoms in total. The molecule has 6 heteroatoms. The van der Waals surface area contributed by atoms with Crippen LogP contribution in [0.2, 0.25) is 0 Å². The highest BCUT2D eigenvalue weighted by atomic mass is 32.2. The molecule has 3 fully saturated rings. The Labute approximate surface area is 122 Å². The predicted octanol–water partition coefficient (Wildman–Crippen LogP) is 1.23. The summed E-state index contributed by atoms with van der Waals surface area (Å²) < 4.78 is 30.0. The Balaban J connectivity index is 1.75. The smallest absolute Gasteiger partial charge is 0.279 e. The maximum absolute atomic E-state index is 12.6. The van der Waals surface area contributed by atoms with Crippen LogP contribution in [0.15, 0.2) is 0 Å². The molecular weight excluding hydrogens is 274 g/mol. The van der Waals surface area contributed by atoms with E-state index >= 15 is 0 Å². The van der Waals surface area contributed by atoms with Crippen molar-refractivity contribution < 1.29 is 8.42 Å². The summed E-state index contributed by atoms with van der Waals surface area (Å²) in [6.45, 7) is 2.77. The predicted molar refractivity (Wildman–Crippen MR) is 79.6 cm³/mol. The minimum absolute atomic E-state index is 0.205. The second-order valence-corrected chi connectivity index (χ2v) is 8.17. The SMILES string of the molecule is O=S(=O)(NC1CC1)N1CCCCCC1C1CCNCC1. The first-order chi connectivity index (χ1) is 9.67. The van der Waals surface area contributed by atoms with Crippen molar-refractivity contribution in [3.63, 3.8) is 0 Å². The Morgan fingerprint density at radius 3 is 2.40 bits per heavy atom. The van der Waals surface area contributed by atoms with Crippen molar-refractivity contribution >= 4 is 10.2 Å². The largest absolute Gasteiger partial charge is 0.317 e. The Morgan fingerprint density at radius 1 is 0.950 bits per heavy atom. The van der Waals surface area contributed by atoms with Crippen LogP contribution in [0.1, 0.15) is 51.4 Å². The molecule has 0 radical (unpaired) electrons. The van der Waals surface area contributed by atoms with Crippen LogP contribution in [0.5, 0.6) is 0 Å². The van der Waals surface area contributed by atoms with E-state index in [0.29, 0.717) is 12.5 Å². The van der Waals surface area contributed by atoms with Gasteiger partial charge in [0.2, 0.25) is 0 Å². The number of piperidine rings is 1. The first-order valence-electron chi connectivity index (χ1n) is 8.16. The van der Waals surface area contributed by atoms with Crippen molar-refractivity contribution in [3.8, 4) is 0 Å². The lowest BCUT2D eigenvalue weighted by Gasteiger charge is -2.37. The third kappa shape index (κ3) is 3.53. The average Bonchev–Trinajstić information content (AvgIpc) is 3.25. The van der Waals surface area contributed by atoms with Crippen LogP contribution in [-0.4, -0.2) is 44.4 Å². The zero-order chi connectivity index (χ0) is 14.0. The maximum atomic E-state index is 12.6. The van der Waals surface area contributed by atoms with Gasteiger partial charge in [-0.3, -0.25) is 0 Å². The maximum Gasteiger partial charge on any atom is 0.279 e. The third-order valence-corrected chi connectivity index (χ3v) is 6.58. The first kappa shape index (κ1) is 14.8. The van der Waals surface area contributed by atoms with Gasteiger partial charge in [0.25, 0.3) is 10.2 Å². The van der Waals surface area contributed by atoms with Crippen molar-refractivity contribution in [1.82, 2.24) is 14.3 Å². The third-order valence-electron chi connectivity index (χ3n) is 4.88. The summed E-state index contributed by atoms with van der Waals surface area (Å²) in [6, 6.07) is 0.424. The zero-order valence-electron chi connectivity index (χ0n) is 12.2. The zero-order valence-corrected chi connectivity index (χ0v) is 13.0. The lowest BCUT2D eigenvalue weighted by molar-refractivity contribution is 0.196. The van der Waals surface area contributed by atoms with Crippen LogP contribution in [0.4, 0.5) is 0 Å². The summed E-state index contributed by atoms with van der Waals surface area (Å²) in [5.74, 6) is 0.533. The van der Waals surface area contributed by atoms with Crippen LogP contribution in [0.25, 0.3) is 0 Å². The molecule has 2 aliphatic heterocycles. The Morgan fingerprint density at radius 2 is 1.70 bits per heavy atom. The Bertz CT molecular complexity index is 416. The van der Waals surface area contributed by atoms with Gasteiger partial charge in [-0.1, -0.05) is 12.8 Å². The topological polar surface area (TPSA) is 61.4 Å². The fourth-order valence-electron chi connectivity index (χ4n) is 3.59. The Hall–Kier alpha value is -0.170. The van der Waals surface area contributed by atoms with Crippen LogP contribution in [-0.2, 0) is 10.2 Å². The van der Waals surface area contributed by atoms with E-state index in [-0.39, 0.29) is 12.1 Å². The number of nitrogens with one attached hydrogen (secondary N) is 2. The fraction of sp³-hybridized carbons (Fsp3) is 1.00. The molecule has 3 rings (SSSR count). The van der Waals surface area contributed by atoms with Gasteiger partial charge >= 0.3 is 0 Å². The molecule has 0 amide bonds. The summed E-state index contributed by atoms with van der Waals surface area (Å²) in [4.78, 5) is 0. The minimum Gasteiger partial charge on any atom is -0.317 e. The monoisotopic (exact) mass is 301 g/mol. The molecule has 1 unspecified atom stereocenters. The number of hydrogen-bond donors (Lipinski definition) is 2. The van der Waals surface area contributed by atoms with Crippen molar-refractivity contribution in [2.75, 3.05) is 19.6 Å². The van der Waals surface area contributed by atoms with Gasteiger partial charge in [0.05, 0.1) is 0 Å². The van der Waals surface area contributed by atoms with Crippen molar-refractivity contribution in [2.45, 2.75) is 63.5 Å². The van der Waals surface area contributed by atoms with Gasteiger partial charge in [-0.2, -0.15) is 17.4 Å². The molecule has 0 aromatic heterocycles. The first-order valence-corrected chi connectivity index (χ1v) is 9.60. The van der Waals surface area contributed by atoms with Gasteiger partial charge in [0, 0.05) is 18.6 Å². The summed E-state index contributed by atoms with van der Waals surface area (Å²) in [7, 11) is -3.28. The van der Waals surface area contributed by atoms with E-state index in [1.165, 1.54) is 6.42 Å². The molecule has 0 bridgehead atoms. The van der Waals surface area contributed by atoms with Gasteiger partial charge < -0.3 is 5.32 Å². The van der Waals surface area contributed by atoms with Gasteiger partial charge in [-0.25, -0.2) is 0 Å². The molecule has 1 atom stereocenters. The molecule has 0 spiro atoms. The molecule has 2 N–H and O–H groups in total. The van der Waals surface area contributed by atoms with Gasteiger partial charge in [-0.05, 0) is 57.5 Å². The molecule has 2 saturated heterocycles. The van der Waals surface area contributed by atoms with E-state index in [1.807, 2.05) is 4.31 Å². The summed E-state index contributed by atoms with van der Waals surface area (Å²) in [5, 5.41) is 3.38. The van der Waals surface area contributed by atoms with Gasteiger partial charge in [0.1, 0.15) is 0 Å². The summed E-state index contributed by atoms with van der Waals surface area (Å²) in [5.41, 5.74) is 0. The Kier molecular flexibility index (Phi) is 4.65. The molecule has 2 heterocycles. The minimum atomic E-state index is -3.28. The summed E-state index contributed by atoms with van der Waals surface area (Å²) in [6.07, 6.45) is 8.61. The van der Waals surface area contributed by atoms with Crippen LogP contribution >= 0.6 is 0 Å². The molecule has 20 heavy (non-hydrogen) atoms. The molecule has 1 saturated carbocycles. The van der Waals surface area contributed by atoms with Gasteiger partial charge in [0.15, 0.2) is 0 Å². The van der Waals surface area contributed by atoms with Crippen LogP contribution in [0.3, 0.4) is 0 Å². The highest BCUT2D eigenvalue weighted by molar-refractivity contribution is 7.87. The van der Waals surface area contributed by atoms with Crippen molar-refractivity contribution in [2.24, 2.45) is 5.92 Å². The number of hydrogen-bond acceptors (Lipinski definition) is 3. The molecular formula is C14H27N3O2S. The van der Waals surface area contributed by atoms with E-state index in [4.69, 9.17) is 0 Å². The van der Waals surface area contributed by atoms with Crippen LogP contribution < -0.4 is 10.0 Å². The van der Waals surface area contributed by atoms with E-state index in [9.17, 15) is 8.42 Å². The standard InChI is InChI=1S/C14H27N3O2S/c18-20(19,16-13-5-6-13)17-11-3-1-2-4-14(17)12-7-9-15-10-8-12/h12-16H,1-11H2. The van der Waals surface area contributed by atoms with Crippen molar-refractivity contribution in [1.29, 1.82) is 0 Å². The fourth-order valence-corrected chi connectivity index (χ4v) is 5.38. The molecule has 3 aliphatic rings. The lowest BCUT2D eigenvalue weighted by Crippen LogP contribution is -2.51. The van der Waals surface area contributed by atoms with Crippen LogP contribution in [0, 0.1) is 5.92 Å². The molecule has 0 aromatic carbocycles. The van der Waals surface area contributed by atoms with Gasteiger partial charge in [-0.15, -0.1) is 0 Å². The lowest BCUT2D eigenvalue weighted by atomic mass is 9.88. The van der Waals surface area contributed by atoms with E-state index < -0.39 is 10.2 Å². The summed E-state index contributed by atoms with van der Waals surface area (Å²) >= 11 is 0. The number of rotatable bonds is 4. The second-order valence-electron chi connectivity index (χ2n) is 6.51. The van der Waals surface area contributed by atoms with E-state index in [1.54, 1.807) is 0 Å². The van der Waals surface area contributed by atoms with Crippen molar-refractivity contribution in [3.05, 3.63) is 0 Å². The number of nitrogens with zero attached hydrogens (tertiary/aromatic N) is 1. The highest BCUT2D eigenvalue weighted by Crippen LogP contribution is 2.31. The van der Waals surface area contributed by atoms with E-state index in [2.05, 4.69) is 10.0 Å². The normalized spacial score (nSPS) is 31.1. The quantitative estimate of drug-likeness (QED) is 0.821. The molecule has 1 aliphatic carbocycles. The molecule has 0 aromatic rings. The second kappa shape index (κ2) is 6.30.